The number of thiophene rings is 1. The summed E-state index contributed by atoms with van der Waals surface area (Å²) in [6.45, 7) is 2.32. The molecule has 4 nitrogen and oxygen atoms in total. The fourth-order valence-corrected chi connectivity index (χ4v) is 4.23. The summed E-state index contributed by atoms with van der Waals surface area (Å²) in [5, 5.41) is 9.60. The molecule has 7 heteroatoms. The van der Waals surface area contributed by atoms with E-state index in [1.54, 1.807) is 28.1 Å². The molecule has 0 saturated heterocycles. The van der Waals surface area contributed by atoms with E-state index in [0.717, 1.165) is 34.1 Å². The van der Waals surface area contributed by atoms with Gasteiger partial charge in [-0.15, -0.1) is 22.7 Å². The molecule has 3 aromatic heterocycles. The van der Waals surface area contributed by atoms with Crippen molar-refractivity contribution in [3.05, 3.63) is 44.0 Å². The van der Waals surface area contributed by atoms with Crippen molar-refractivity contribution in [2.45, 2.75) is 26.4 Å². The van der Waals surface area contributed by atoms with E-state index in [1.165, 1.54) is 11.3 Å². The summed E-state index contributed by atoms with van der Waals surface area (Å²) in [5.41, 5.74) is 2.20. The van der Waals surface area contributed by atoms with Gasteiger partial charge in [0.05, 0.1) is 10.7 Å². The minimum Gasteiger partial charge on any atom is -0.454 e. The quantitative estimate of drug-likeness (QED) is 0.608. The molecule has 0 fully saturated rings. The first-order chi connectivity index (χ1) is 10.8. The lowest BCUT2D eigenvalue weighted by atomic mass is 10.3. The van der Waals surface area contributed by atoms with Gasteiger partial charge in [0.2, 0.25) is 0 Å². The summed E-state index contributed by atoms with van der Waals surface area (Å²) in [7, 11) is 0. The van der Waals surface area contributed by atoms with E-state index < -0.39 is 5.97 Å². The van der Waals surface area contributed by atoms with Gasteiger partial charge in [-0.2, -0.15) is 11.3 Å². The molecular weight excluding hydrogens is 336 g/mol. The maximum Gasteiger partial charge on any atom is 0.358 e. The Morgan fingerprint density at radius 1 is 1.23 bits per heavy atom. The Hall–Kier alpha value is -1.57. The third-order valence-corrected chi connectivity index (χ3v) is 5.43. The number of carbonyl (C=O) groups excluding carboxylic acids is 1. The first-order valence-corrected chi connectivity index (χ1v) is 9.55. The standard InChI is InChI=1S/C15H14N2O2S3/c1-2-3-13-16-11(8-21-13)6-19-15(18)12-9-22-14(17-12)10-4-5-20-7-10/h4-5,7-9H,2-3,6H2,1H3. The summed E-state index contributed by atoms with van der Waals surface area (Å²) < 4.78 is 5.29. The summed E-state index contributed by atoms with van der Waals surface area (Å²) in [6, 6.07) is 1.99. The first kappa shape index (κ1) is 15.3. The van der Waals surface area contributed by atoms with Crippen molar-refractivity contribution in [2.75, 3.05) is 0 Å². The Balaban J connectivity index is 1.60. The van der Waals surface area contributed by atoms with Crippen LogP contribution in [0.3, 0.4) is 0 Å². The fraction of sp³-hybridized carbons (Fsp3) is 0.267. The van der Waals surface area contributed by atoms with Crippen LogP contribution < -0.4 is 0 Å². The zero-order valence-electron chi connectivity index (χ0n) is 11.9. The zero-order chi connectivity index (χ0) is 15.4. The number of hydrogen-bond acceptors (Lipinski definition) is 7. The number of aryl methyl sites for hydroxylation is 1. The number of nitrogens with zero attached hydrogens (tertiary/aromatic N) is 2. The minimum absolute atomic E-state index is 0.199. The molecule has 0 radical (unpaired) electrons. The molecule has 22 heavy (non-hydrogen) atoms. The maximum atomic E-state index is 12.0. The third-order valence-electron chi connectivity index (χ3n) is 2.90. The molecule has 0 aliphatic carbocycles. The van der Waals surface area contributed by atoms with E-state index >= 15 is 0 Å². The van der Waals surface area contributed by atoms with E-state index in [-0.39, 0.29) is 6.61 Å². The topological polar surface area (TPSA) is 52.1 Å². The molecule has 0 amide bonds. The second kappa shape index (κ2) is 7.13. The third kappa shape index (κ3) is 3.60. The summed E-state index contributed by atoms with van der Waals surface area (Å²) >= 11 is 4.67. The van der Waals surface area contributed by atoms with Gasteiger partial charge >= 0.3 is 5.97 Å². The van der Waals surface area contributed by atoms with Gasteiger partial charge in [0.15, 0.2) is 5.69 Å². The molecule has 3 aromatic rings. The largest absolute Gasteiger partial charge is 0.454 e. The Labute approximate surface area is 140 Å². The van der Waals surface area contributed by atoms with Gasteiger partial charge < -0.3 is 4.74 Å². The van der Waals surface area contributed by atoms with Gasteiger partial charge in [0.25, 0.3) is 0 Å². The van der Waals surface area contributed by atoms with Crippen LogP contribution in [0.4, 0.5) is 0 Å². The van der Waals surface area contributed by atoms with Crippen molar-refractivity contribution in [3.8, 4) is 10.6 Å². The van der Waals surface area contributed by atoms with E-state index in [0.29, 0.717) is 5.69 Å². The van der Waals surface area contributed by atoms with Crippen LogP contribution in [-0.4, -0.2) is 15.9 Å². The number of thiazole rings is 2. The highest BCUT2D eigenvalue weighted by Gasteiger charge is 2.14. The molecule has 0 aromatic carbocycles. The highest BCUT2D eigenvalue weighted by Crippen LogP contribution is 2.26. The van der Waals surface area contributed by atoms with Crippen molar-refractivity contribution >= 4 is 40.0 Å². The van der Waals surface area contributed by atoms with Gasteiger partial charge in [-0.25, -0.2) is 14.8 Å². The monoisotopic (exact) mass is 350 g/mol. The summed E-state index contributed by atoms with van der Waals surface area (Å²) in [4.78, 5) is 20.8. The van der Waals surface area contributed by atoms with Crippen LogP contribution in [0.25, 0.3) is 10.6 Å². The van der Waals surface area contributed by atoms with Gasteiger partial charge in [-0.05, 0) is 24.3 Å². The minimum atomic E-state index is -0.400. The lowest BCUT2D eigenvalue weighted by molar-refractivity contribution is 0.0462. The van der Waals surface area contributed by atoms with Gasteiger partial charge in [0.1, 0.15) is 11.6 Å². The number of aromatic nitrogens is 2. The number of esters is 1. The molecule has 0 bridgehead atoms. The highest BCUT2D eigenvalue weighted by molar-refractivity contribution is 7.14. The normalized spacial score (nSPS) is 10.8. The number of hydrogen-bond donors (Lipinski definition) is 0. The molecule has 0 atom stereocenters. The Kier molecular flexibility index (Phi) is 4.97. The molecule has 0 saturated carbocycles. The van der Waals surface area contributed by atoms with E-state index in [4.69, 9.17) is 4.74 Å². The molecule has 0 unspecified atom stereocenters. The molecule has 0 spiro atoms. The van der Waals surface area contributed by atoms with Crippen molar-refractivity contribution in [1.29, 1.82) is 0 Å². The molecule has 0 aliphatic heterocycles. The molecule has 3 heterocycles. The predicted molar refractivity (Wildman–Crippen MR) is 90.7 cm³/mol. The average Bonchev–Trinajstić information content (AvgIpc) is 3.25. The van der Waals surface area contributed by atoms with Crippen molar-refractivity contribution < 1.29 is 9.53 Å². The summed E-state index contributed by atoms with van der Waals surface area (Å²) in [6.07, 6.45) is 2.03. The summed E-state index contributed by atoms with van der Waals surface area (Å²) in [5.74, 6) is -0.400. The van der Waals surface area contributed by atoms with Crippen LogP contribution in [0, 0.1) is 0 Å². The number of carbonyl (C=O) groups is 1. The number of rotatable bonds is 6. The van der Waals surface area contributed by atoms with Crippen molar-refractivity contribution in [3.63, 3.8) is 0 Å². The van der Waals surface area contributed by atoms with Crippen LogP contribution in [0.15, 0.2) is 27.6 Å². The first-order valence-electron chi connectivity index (χ1n) is 6.84. The fourth-order valence-electron chi connectivity index (χ4n) is 1.84. The van der Waals surface area contributed by atoms with Crippen LogP contribution >= 0.6 is 34.0 Å². The van der Waals surface area contributed by atoms with E-state index in [9.17, 15) is 4.79 Å². The van der Waals surface area contributed by atoms with Gasteiger partial charge in [-0.1, -0.05) is 6.92 Å². The molecule has 3 rings (SSSR count). The van der Waals surface area contributed by atoms with Gasteiger partial charge in [-0.3, -0.25) is 0 Å². The smallest absolute Gasteiger partial charge is 0.358 e. The highest BCUT2D eigenvalue weighted by atomic mass is 32.1. The van der Waals surface area contributed by atoms with Crippen molar-refractivity contribution in [2.24, 2.45) is 0 Å². The molecule has 0 aliphatic rings. The predicted octanol–water partition coefficient (Wildman–Crippen LogP) is 4.64. The SMILES string of the molecule is CCCc1nc(COC(=O)c2csc(-c3ccsc3)n2)cs1. The zero-order valence-corrected chi connectivity index (χ0v) is 14.4. The average molecular weight is 350 g/mol. The Morgan fingerprint density at radius 3 is 2.91 bits per heavy atom. The van der Waals surface area contributed by atoms with Crippen LogP contribution in [0.1, 0.15) is 34.5 Å². The molecule has 114 valence electrons. The lowest BCUT2D eigenvalue weighted by Gasteiger charge is -1.99. The maximum absolute atomic E-state index is 12.0. The second-order valence-corrected chi connectivity index (χ2v) is 7.19. The Bertz CT molecular complexity index is 747. The Morgan fingerprint density at radius 2 is 2.14 bits per heavy atom. The van der Waals surface area contributed by atoms with Crippen molar-refractivity contribution in [1.82, 2.24) is 9.97 Å². The van der Waals surface area contributed by atoms with Crippen LogP contribution in [0.2, 0.25) is 0 Å². The number of ether oxygens (including phenoxy) is 1. The molecular formula is C15H14N2O2S3. The lowest BCUT2D eigenvalue weighted by Crippen LogP contribution is -2.06. The van der Waals surface area contributed by atoms with E-state index in [1.807, 2.05) is 22.2 Å². The van der Waals surface area contributed by atoms with Gasteiger partial charge in [0, 0.05) is 21.7 Å². The van der Waals surface area contributed by atoms with Crippen LogP contribution in [0.5, 0.6) is 0 Å². The second-order valence-electron chi connectivity index (χ2n) is 4.61. The molecule has 0 N–H and O–H groups in total. The van der Waals surface area contributed by atoms with E-state index in [2.05, 4.69) is 16.9 Å². The van der Waals surface area contributed by atoms with Crippen LogP contribution in [-0.2, 0) is 17.8 Å².